The zero-order valence-electron chi connectivity index (χ0n) is 15.0. The minimum absolute atomic E-state index is 0.113. The molecule has 1 fully saturated rings. The predicted octanol–water partition coefficient (Wildman–Crippen LogP) is 4.16. The lowest BCUT2D eigenvalue weighted by Crippen LogP contribution is -2.30. The first-order valence-electron chi connectivity index (χ1n) is 9.18. The summed E-state index contributed by atoms with van der Waals surface area (Å²) in [7, 11) is 0. The highest BCUT2D eigenvalue weighted by atomic mass is 16.1. The maximum atomic E-state index is 12.4. The first-order valence-corrected chi connectivity index (χ1v) is 9.18. The Balaban J connectivity index is 1.74. The number of nitrogens with one attached hydrogen (secondary N) is 1. The zero-order chi connectivity index (χ0) is 17.1. The minimum Gasteiger partial charge on any atom is -0.346 e. The fraction of sp³-hybridized carbons (Fsp3) is 0.632. The molecule has 0 bridgehead atoms. The van der Waals surface area contributed by atoms with Crippen LogP contribution in [-0.4, -0.2) is 20.4 Å². The van der Waals surface area contributed by atoms with Crippen LogP contribution in [0.25, 0.3) is 11.2 Å². The third-order valence-corrected chi connectivity index (χ3v) is 4.96. The quantitative estimate of drug-likeness (QED) is 0.896. The van der Waals surface area contributed by atoms with Crippen LogP contribution in [0.1, 0.15) is 77.2 Å². The Morgan fingerprint density at radius 3 is 2.75 bits per heavy atom. The van der Waals surface area contributed by atoms with Crippen molar-refractivity contribution in [1.29, 1.82) is 0 Å². The molecule has 1 saturated carbocycles. The number of hydrogen-bond acceptors (Lipinski definition) is 3. The van der Waals surface area contributed by atoms with Crippen LogP contribution in [0, 0.1) is 5.92 Å². The van der Waals surface area contributed by atoms with Gasteiger partial charge in [0.2, 0.25) is 5.91 Å². The number of carbonyl (C=O) groups excluding carboxylic acids is 1. The molecule has 2 heterocycles. The molecule has 130 valence electrons. The topological polar surface area (TPSA) is 59.8 Å². The summed E-state index contributed by atoms with van der Waals surface area (Å²) in [6.45, 7) is 6.25. The number of rotatable bonds is 5. The Kier molecular flexibility index (Phi) is 5.17. The Bertz CT molecular complexity index is 700. The van der Waals surface area contributed by atoms with Crippen LogP contribution in [0.4, 0.5) is 0 Å². The average Bonchev–Trinajstić information content (AvgIpc) is 2.95. The normalized spacial score (nSPS) is 17.3. The van der Waals surface area contributed by atoms with Gasteiger partial charge in [-0.15, -0.1) is 0 Å². The van der Waals surface area contributed by atoms with Crippen LogP contribution in [0.5, 0.6) is 0 Å². The Hall–Kier alpha value is -1.91. The molecule has 1 aliphatic carbocycles. The Morgan fingerprint density at radius 1 is 1.29 bits per heavy atom. The number of carbonyl (C=O) groups is 1. The molecular formula is C19H28N4O. The van der Waals surface area contributed by atoms with Crippen LogP contribution in [0.3, 0.4) is 0 Å². The van der Waals surface area contributed by atoms with Crippen molar-refractivity contribution in [3.8, 4) is 0 Å². The summed E-state index contributed by atoms with van der Waals surface area (Å²) in [6.07, 6.45) is 8.67. The molecule has 0 spiro atoms. The van der Waals surface area contributed by atoms with Crippen LogP contribution in [0.15, 0.2) is 18.3 Å². The van der Waals surface area contributed by atoms with Gasteiger partial charge >= 0.3 is 0 Å². The smallest absolute Gasteiger partial charge is 0.220 e. The van der Waals surface area contributed by atoms with Crippen molar-refractivity contribution in [3.63, 3.8) is 0 Å². The van der Waals surface area contributed by atoms with Crippen molar-refractivity contribution >= 4 is 17.1 Å². The van der Waals surface area contributed by atoms with Gasteiger partial charge < -0.3 is 9.88 Å². The lowest BCUT2D eigenvalue weighted by molar-refractivity contribution is -0.123. The molecule has 0 aromatic carbocycles. The summed E-state index contributed by atoms with van der Waals surface area (Å²) in [6, 6.07) is 4.01. The lowest BCUT2D eigenvalue weighted by Gasteiger charge is -2.23. The minimum atomic E-state index is -0.113. The molecular weight excluding hydrogens is 300 g/mol. The third kappa shape index (κ3) is 3.60. The van der Waals surface area contributed by atoms with E-state index in [4.69, 9.17) is 4.98 Å². The van der Waals surface area contributed by atoms with E-state index in [1.165, 1.54) is 32.1 Å². The van der Waals surface area contributed by atoms with Gasteiger partial charge in [0.25, 0.3) is 0 Å². The fourth-order valence-corrected chi connectivity index (χ4v) is 3.78. The van der Waals surface area contributed by atoms with Gasteiger partial charge in [-0.2, -0.15) is 0 Å². The van der Waals surface area contributed by atoms with Gasteiger partial charge in [-0.05, 0) is 51.7 Å². The van der Waals surface area contributed by atoms with E-state index in [-0.39, 0.29) is 18.0 Å². The van der Waals surface area contributed by atoms with Crippen molar-refractivity contribution in [2.75, 3.05) is 0 Å². The number of imidazole rings is 1. The predicted molar refractivity (Wildman–Crippen MR) is 95.7 cm³/mol. The highest BCUT2D eigenvalue weighted by Gasteiger charge is 2.22. The second-order valence-electron chi connectivity index (χ2n) is 7.28. The fourth-order valence-electron chi connectivity index (χ4n) is 3.78. The molecule has 0 saturated heterocycles. The standard InChI is InChI=1S/C19H28N4O/c1-13(2)23-18(22-16-10-7-11-20-19(16)23)14(3)21-17(24)12-15-8-5-4-6-9-15/h7,10-11,13-15H,4-6,8-9,12H2,1-3H3,(H,21,24)/t14-/m1/s1. The number of amides is 1. The van der Waals surface area contributed by atoms with E-state index in [1.54, 1.807) is 6.20 Å². The molecule has 5 heteroatoms. The maximum absolute atomic E-state index is 12.4. The number of fused-ring (bicyclic) bond motifs is 1. The Morgan fingerprint density at radius 2 is 2.04 bits per heavy atom. The first kappa shape index (κ1) is 16.9. The molecule has 0 radical (unpaired) electrons. The molecule has 5 nitrogen and oxygen atoms in total. The van der Waals surface area contributed by atoms with Crippen molar-refractivity contribution in [2.24, 2.45) is 5.92 Å². The van der Waals surface area contributed by atoms with Crippen LogP contribution < -0.4 is 5.32 Å². The summed E-state index contributed by atoms with van der Waals surface area (Å²) < 4.78 is 2.13. The van der Waals surface area contributed by atoms with Gasteiger partial charge in [0.1, 0.15) is 11.3 Å². The van der Waals surface area contributed by atoms with E-state index in [0.717, 1.165) is 17.0 Å². The highest BCUT2D eigenvalue weighted by Crippen LogP contribution is 2.27. The van der Waals surface area contributed by atoms with E-state index >= 15 is 0 Å². The molecule has 0 aliphatic heterocycles. The van der Waals surface area contributed by atoms with Gasteiger partial charge in [-0.1, -0.05) is 19.3 Å². The van der Waals surface area contributed by atoms with E-state index in [0.29, 0.717) is 12.3 Å². The van der Waals surface area contributed by atoms with Gasteiger partial charge in [-0.25, -0.2) is 9.97 Å². The van der Waals surface area contributed by atoms with Crippen LogP contribution in [0.2, 0.25) is 0 Å². The van der Waals surface area contributed by atoms with E-state index in [9.17, 15) is 4.79 Å². The summed E-state index contributed by atoms with van der Waals surface area (Å²) in [5.74, 6) is 1.58. The average molecular weight is 328 g/mol. The Labute approximate surface area is 143 Å². The van der Waals surface area contributed by atoms with Gasteiger partial charge in [0, 0.05) is 18.7 Å². The monoisotopic (exact) mass is 328 g/mol. The van der Waals surface area contributed by atoms with E-state index < -0.39 is 0 Å². The van der Waals surface area contributed by atoms with Crippen molar-refractivity contribution in [3.05, 3.63) is 24.2 Å². The molecule has 1 N–H and O–H groups in total. The number of pyridine rings is 1. The van der Waals surface area contributed by atoms with Crippen molar-refractivity contribution in [2.45, 2.75) is 71.4 Å². The molecule has 3 rings (SSSR count). The summed E-state index contributed by atoms with van der Waals surface area (Å²) in [4.78, 5) is 21.6. The third-order valence-electron chi connectivity index (χ3n) is 4.96. The number of hydrogen-bond donors (Lipinski definition) is 1. The first-order chi connectivity index (χ1) is 11.6. The molecule has 0 unspecified atom stereocenters. The zero-order valence-corrected chi connectivity index (χ0v) is 15.0. The number of aromatic nitrogens is 3. The molecule has 1 aliphatic rings. The lowest BCUT2D eigenvalue weighted by atomic mass is 9.87. The SMILES string of the molecule is CC(C)n1c([C@@H](C)NC(=O)CC2CCCCC2)nc2cccnc21. The molecule has 1 amide bonds. The van der Waals surface area contributed by atoms with Gasteiger partial charge in [-0.3, -0.25) is 4.79 Å². The second-order valence-corrected chi connectivity index (χ2v) is 7.28. The van der Waals surface area contributed by atoms with Crippen LogP contribution >= 0.6 is 0 Å². The van der Waals surface area contributed by atoms with E-state index in [2.05, 4.69) is 28.7 Å². The number of nitrogens with zero attached hydrogens (tertiary/aromatic N) is 3. The maximum Gasteiger partial charge on any atom is 0.220 e. The van der Waals surface area contributed by atoms with E-state index in [1.807, 2.05) is 19.1 Å². The largest absolute Gasteiger partial charge is 0.346 e. The van der Waals surface area contributed by atoms with Gasteiger partial charge in [0.05, 0.1) is 6.04 Å². The van der Waals surface area contributed by atoms with Gasteiger partial charge in [0.15, 0.2) is 5.65 Å². The molecule has 1 atom stereocenters. The molecule has 2 aromatic rings. The summed E-state index contributed by atoms with van der Waals surface area (Å²) >= 11 is 0. The van der Waals surface area contributed by atoms with Crippen molar-refractivity contribution < 1.29 is 4.79 Å². The highest BCUT2D eigenvalue weighted by molar-refractivity contribution is 5.77. The summed E-state index contributed by atoms with van der Waals surface area (Å²) in [5.41, 5.74) is 1.77. The van der Waals surface area contributed by atoms with Crippen LogP contribution in [-0.2, 0) is 4.79 Å². The summed E-state index contributed by atoms with van der Waals surface area (Å²) in [5, 5.41) is 3.15. The molecule has 2 aromatic heterocycles. The van der Waals surface area contributed by atoms with Crippen molar-refractivity contribution in [1.82, 2.24) is 19.9 Å². The second kappa shape index (κ2) is 7.32. The molecule has 24 heavy (non-hydrogen) atoms.